The average Bonchev–Trinajstić information content (AvgIpc) is 2.04. The first kappa shape index (κ1) is 12.7. The van der Waals surface area contributed by atoms with E-state index < -0.39 is 32.1 Å². The molecule has 0 saturated heterocycles. The Hall–Kier alpha value is -0.290. The standard InChI is InChI=1S/C5H5F6OP/c1-12-13(3(7)2-6)5(10,11)4(8)9/h2,4H,1H3. The fourth-order valence-electron chi connectivity index (χ4n) is 0.484. The topological polar surface area (TPSA) is 9.23 Å². The maximum absolute atomic E-state index is 12.4. The minimum Gasteiger partial charge on any atom is -0.350 e. The van der Waals surface area contributed by atoms with Gasteiger partial charge in [0.05, 0.1) is 0 Å². The molecular weight excluding hydrogens is 221 g/mol. The van der Waals surface area contributed by atoms with Crippen molar-refractivity contribution in [2.45, 2.75) is 12.1 Å². The van der Waals surface area contributed by atoms with Crippen molar-refractivity contribution in [1.82, 2.24) is 0 Å². The zero-order valence-electron chi connectivity index (χ0n) is 6.28. The first-order chi connectivity index (χ1) is 5.87. The maximum Gasteiger partial charge on any atom is 0.354 e. The van der Waals surface area contributed by atoms with E-state index in [0.717, 1.165) is 0 Å². The molecule has 1 nitrogen and oxygen atoms in total. The zero-order chi connectivity index (χ0) is 10.6. The van der Waals surface area contributed by atoms with Gasteiger partial charge in [-0.25, -0.2) is 17.6 Å². The summed E-state index contributed by atoms with van der Waals surface area (Å²) in [7, 11) is -2.96. The zero-order valence-corrected chi connectivity index (χ0v) is 7.17. The van der Waals surface area contributed by atoms with Crippen LogP contribution in [0.4, 0.5) is 26.3 Å². The Kier molecular flexibility index (Phi) is 4.70. The molecule has 0 aromatic heterocycles. The highest BCUT2D eigenvalue weighted by Gasteiger charge is 2.52. The van der Waals surface area contributed by atoms with Crippen LogP contribution in [-0.2, 0) is 4.52 Å². The van der Waals surface area contributed by atoms with Crippen molar-refractivity contribution in [3.05, 3.63) is 11.9 Å². The van der Waals surface area contributed by atoms with Crippen LogP contribution in [0.15, 0.2) is 11.9 Å². The lowest BCUT2D eigenvalue weighted by atomic mass is 10.7. The molecular formula is C5H5F6OP. The van der Waals surface area contributed by atoms with Crippen LogP contribution in [0.3, 0.4) is 0 Å². The normalized spacial score (nSPS) is 16.5. The average molecular weight is 226 g/mol. The molecule has 0 bridgehead atoms. The second-order valence-electron chi connectivity index (χ2n) is 1.80. The Balaban J connectivity index is 4.76. The summed E-state index contributed by atoms with van der Waals surface area (Å²) in [6.45, 7) is 0. The summed E-state index contributed by atoms with van der Waals surface area (Å²) >= 11 is 0. The van der Waals surface area contributed by atoms with Gasteiger partial charge in [-0.1, -0.05) is 0 Å². The van der Waals surface area contributed by atoms with Crippen molar-refractivity contribution in [2.75, 3.05) is 7.11 Å². The largest absolute Gasteiger partial charge is 0.354 e. The summed E-state index contributed by atoms with van der Waals surface area (Å²) in [5.41, 5.74) is -6.70. The number of hydrogen-bond donors (Lipinski definition) is 0. The Labute approximate surface area is 71.2 Å². The number of halogens is 6. The van der Waals surface area contributed by atoms with E-state index in [-0.39, 0.29) is 0 Å². The van der Waals surface area contributed by atoms with E-state index in [2.05, 4.69) is 4.52 Å². The van der Waals surface area contributed by atoms with Crippen molar-refractivity contribution in [1.29, 1.82) is 0 Å². The lowest BCUT2D eigenvalue weighted by molar-refractivity contribution is -0.0670. The molecule has 1 atom stereocenters. The van der Waals surface area contributed by atoms with Crippen LogP contribution < -0.4 is 0 Å². The second-order valence-corrected chi connectivity index (χ2v) is 3.77. The molecule has 8 heteroatoms. The van der Waals surface area contributed by atoms with Crippen LogP contribution in [0.2, 0.25) is 0 Å². The number of alkyl halides is 4. The van der Waals surface area contributed by atoms with Crippen molar-refractivity contribution in [3.63, 3.8) is 0 Å². The number of rotatable bonds is 4. The van der Waals surface area contributed by atoms with Gasteiger partial charge in [-0.3, -0.25) is 0 Å². The van der Waals surface area contributed by atoms with E-state index in [4.69, 9.17) is 0 Å². The summed E-state index contributed by atoms with van der Waals surface area (Å²) in [5.74, 6) is 0. The molecule has 78 valence electrons. The molecule has 0 aliphatic carbocycles. The van der Waals surface area contributed by atoms with Gasteiger partial charge in [0.25, 0.3) is 0 Å². The molecule has 0 saturated carbocycles. The van der Waals surface area contributed by atoms with E-state index in [9.17, 15) is 26.3 Å². The third-order valence-corrected chi connectivity index (χ3v) is 2.59. The van der Waals surface area contributed by atoms with Gasteiger partial charge in [0.15, 0.2) is 13.7 Å². The van der Waals surface area contributed by atoms with Crippen LogP contribution in [-0.4, -0.2) is 19.2 Å². The third-order valence-electron chi connectivity index (χ3n) is 1.000. The van der Waals surface area contributed by atoms with E-state index in [1.165, 1.54) is 0 Å². The molecule has 0 rings (SSSR count). The van der Waals surface area contributed by atoms with Crippen molar-refractivity contribution in [2.24, 2.45) is 0 Å². The quantitative estimate of drug-likeness (QED) is 0.525. The minimum absolute atomic E-state index is 0.602. The summed E-state index contributed by atoms with van der Waals surface area (Å²) in [6, 6.07) is 0. The van der Waals surface area contributed by atoms with E-state index >= 15 is 0 Å². The van der Waals surface area contributed by atoms with Crippen molar-refractivity contribution in [3.8, 4) is 0 Å². The van der Waals surface area contributed by atoms with E-state index in [0.29, 0.717) is 7.11 Å². The van der Waals surface area contributed by atoms with Crippen LogP contribution in [0.25, 0.3) is 0 Å². The van der Waals surface area contributed by atoms with Gasteiger partial charge in [-0.15, -0.1) is 0 Å². The van der Waals surface area contributed by atoms with Gasteiger partial charge in [-0.05, 0) is 0 Å². The van der Waals surface area contributed by atoms with Gasteiger partial charge in [-0.2, -0.15) is 8.78 Å². The lowest BCUT2D eigenvalue weighted by Gasteiger charge is -2.22. The summed E-state index contributed by atoms with van der Waals surface area (Å²) in [6.07, 6.45) is -4.91. The fourth-order valence-corrected chi connectivity index (χ4v) is 1.45. The summed E-state index contributed by atoms with van der Waals surface area (Å²) in [4.78, 5) is 0. The second kappa shape index (κ2) is 4.81. The van der Waals surface area contributed by atoms with Gasteiger partial charge in [0.1, 0.15) is 6.33 Å². The Morgan fingerprint density at radius 3 is 2.15 bits per heavy atom. The first-order valence-electron chi connectivity index (χ1n) is 2.84. The summed E-state index contributed by atoms with van der Waals surface area (Å²) in [5, 5.41) is 0. The molecule has 0 heterocycles. The first-order valence-corrected chi connectivity index (χ1v) is 4.10. The predicted molar refractivity (Wildman–Crippen MR) is 35.2 cm³/mol. The minimum atomic E-state index is -4.68. The van der Waals surface area contributed by atoms with Gasteiger partial charge >= 0.3 is 12.1 Å². The maximum atomic E-state index is 12.4. The van der Waals surface area contributed by atoms with E-state index in [1.807, 2.05) is 0 Å². The van der Waals surface area contributed by atoms with Gasteiger partial charge < -0.3 is 4.52 Å². The molecule has 0 aliphatic heterocycles. The highest BCUT2D eigenvalue weighted by atomic mass is 31.1. The Morgan fingerprint density at radius 1 is 1.46 bits per heavy atom. The molecule has 0 N–H and O–H groups in total. The Morgan fingerprint density at radius 2 is 1.92 bits per heavy atom. The highest BCUT2D eigenvalue weighted by molar-refractivity contribution is 7.58. The fraction of sp³-hybridized carbons (Fsp3) is 0.600. The summed E-state index contributed by atoms with van der Waals surface area (Å²) < 4.78 is 75.4. The Bertz CT molecular complexity index is 193. The van der Waals surface area contributed by atoms with Crippen LogP contribution in [0.5, 0.6) is 0 Å². The van der Waals surface area contributed by atoms with Crippen LogP contribution in [0.1, 0.15) is 0 Å². The molecule has 13 heavy (non-hydrogen) atoms. The highest BCUT2D eigenvalue weighted by Crippen LogP contribution is 2.61. The van der Waals surface area contributed by atoms with Gasteiger partial charge in [0, 0.05) is 7.11 Å². The monoisotopic (exact) mass is 226 g/mol. The van der Waals surface area contributed by atoms with Crippen molar-refractivity contribution < 1.29 is 30.9 Å². The lowest BCUT2D eigenvalue weighted by Crippen LogP contribution is -2.24. The SMILES string of the molecule is COP(C(F)=CF)C(F)(F)C(F)F. The molecule has 0 spiro atoms. The smallest absolute Gasteiger partial charge is 0.350 e. The molecule has 0 aromatic carbocycles. The number of hydrogen-bond acceptors (Lipinski definition) is 1. The molecule has 0 aliphatic rings. The third kappa shape index (κ3) is 2.84. The van der Waals surface area contributed by atoms with Crippen molar-refractivity contribution >= 4 is 8.15 Å². The molecule has 1 unspecified atom stereocenters. The molecule has 0 radical (unpaired) electrons. The molecule has 0 aromatic rings. The molecule has 0 amide bonds. The van der Waals surface area contributed by atoms with E-state index in [1.54, 1.807) is 0 Å². The van der Waals surface area contributed by atoms with Crippen LogP contribution in [0, 0.1) is 0 Å². The molecule has 0 fully saturated rings. The predicted octanol–water partition coefficient (Wildman–Crippen LogP) is 3.63. The van der Waals surface area contributed by atoms with Gasteiger partial charge in [0.2, 0.25) is 0 Å². The van der Waals surface area contributed by atoms with Crippen LogP contribution >= 0.6 is 8.15 Å².